The zero-order chi connectivity index (χ0) is 10.1. The van der Waals surface area contributed by atoms with E-state index in [0.29, 0.717) is 12.0 Å². The normalized spacial score (nSPS) is 15.7. The van der Waals surface area contributed by atoms with E-state index in [1.807, 2.05) is 0 Å². The van der Waals surface area contributed by atoms with Crippen LogP contribution >= 0.6 is 0 Å². The second-order valence-electron chi connectivity index (χ2n) is 4.25. The lowest BCUT2D eigenvalue weighted by Gasteiger charge is -2.17. The molecule has 2 unspecified atom stereocenters. The first-order valence-corrected chi connectivity index (χ1v) is 5.97. The molecular weight excluding hydrogens is 158 g/mol. The lowest BCUT2D eigenvalue weighted by Crippen LogP contribution is -2.27. The highest BCUT2D eigenvalue weighted by Crippen LogP contribution is 2.13. The van der Waals surface area contributed by atoms with E-state index in [0.717, 1.165) is 0 Å². The zero-order valence-corrected chi connectivity index (χ0v) is 9.68. The Balaban J connectivity index is 3.21. The minimum Gasteiger partial charge on any atom is -0.327 e. The molecule has 0 aromatic rings. The topological polar surface area (TPSA) is 26.0 Å². The van der Waals surface area contributed by atoms with Gasteiger partial charge in [-0.25, -0.2) is 0 Å². The highest BCUT2D eigenvalue weighted by molar-refractivity contribution is 4.67. The Morgan fingerprint density at radius 3 is 2.15 bits per heavy atom. The van der Waals surface area contributed by atoms with Crippen molar-refractivity contribution in [3.63, 3.8) is 0 Å². The second-order valence-corrected chi connectivity index (χ2v) is 4.25. The maximum Gasteiger partial charge on any atom is 0.00644 e. The van der Waals surface area contributed by atoms with Crippen LogP contribution in [0.2, 0.25) is 0 Å². The molecule has 1 nitrogen and oxygen atoms in total. The van der Waals surface area contributed by atoms with Crippen molar-refractivity contribution in [1.29, 1.82) is 0 Å². The average Bonchev–Trinajstić information content (AvgIpc) is 2.16. The first kappa shape index (κ1) is 13.0. The molecule has 0 aliphatic rings. The van der Waals surface area contributed by atoms with Crippen LogP contribution in [0.25, 0.3) is 0 Å². The summed E-state index contributed by atoms with van der Waals surface area (Å²) in [6.07, 6.45) is 9.25. The highest BCUT2D eigenvalue weighted by Gasteiger charge is 2.09. The van der Waals surface area contributed by atoms with Gasteiger partial charge in [-0.05, 0) is 12.3 Å². The quantitative estimate of drug-likeness (QED) is 0.573. The number of nitrogens with two attached hydrogens (primary N) is 1. The molecule has 0 amide bonds. The smallest absolute Gasteiger partial charge is 0.00644 e. The Morgan fingerprint density at radius 1 is 1.00 bits per heavy atom. The van der Waals surface area contributed by atoms with Crippen molar-refractivity contribution >= 4 is 0 Å². The largest absolute Gasteiger partial charge is 0.327 e. The van der Waals surface area contributed by atoms with Crippen LogP contribution in [0.4, 0.5) is 0 Å². The Labute approximate surface area is 84.1 Å². The number of hydrogen-bond donors (Lipinski definition) is 1. The highest BCUT2D eigenvalue weighted by atomic mass is 14.6. The monoisotopic (exact) mass is 185 g/mol. The van der Waals surface area contributed by atoms with Crippen LogP contribution in [0, 0.1) is 5.92 Å². The van der Waals surface area contributed by atoms with Gasteiger partial charge in [-0.3, -0.25) is 0 Å². The third-order valence-electron chi connectivity index (χ3n) is 3.02. The summed E-state index contributed by atoms with van der Waals surface area (Å²) in [4.78, 5) is 0. The Bertz CT molecular complexity index is 101. The van der Waals surface area contributed by atoms with Crippen LogP contribution in [0.15, 0.2) is 0 Å². The molecule has 2 atom stereocenters. The maximum atomic E-state index is 6.04. The van der Waals surface area contributed by atoms with Gasteiger partial charge in [0.25, 0.3) is 0 Å². The summed E-state index contributed by atoms with van der Waals surface area (Å²) in [6, 6.07) is 0.437. The summed E-state index contributed by atoms with van der Waals surface area (Å²) < 4.78 is 0. The van der Waals surface area contributed by atoms with E-state index < -0.39 is 0 Å². The Morgan fingerprint density at radius 2 is 1.62 bits per heavy atom. The van der Waals surface area contributed by atoms with E-state index in [1.165, 1.54) is 44.9 Å². The lowest BCUT2D eigenvalue weighted by atomic mass is 9.95. The minimum absolute atomic E-state index is 0.437. The first-order chi connectivity index (χ1) is 6.22. The first-order valence-electron chi connectivity index (χ1n) is 5.97. The minimum atomic E-state index is 0.437. The van der Waals surface area contributed by atoms with Crippen molar-refractivity contribution in [2.75, 3.05) is 0 Å². The number of rotatable bonds is 8. The summed E-state index contributed by atoms with van der Waals surface area (Å²) in [5, 5.41) is 0. The maximum absolute atomic E-state index is 6.04. The van der Waals surface area contributed by atoms with Crippen LogP contribution in [-0.2, 0) is 0 Å². The number of unbranched alkanes of at least 4 members (excludes halogenated alkanes) is 4. The summed E-state index contributed by atoms with van der Waals surface area (Å²) >= 11 is 0. The molecule has 0 aliphatic heterocycles. The van der Waals surface area contributed by atoms with Gasteiger partial charge >= 0.3 is 0 Å². The molecule has 0 aromatic heterocycles. The van der Waals surface area contributed by atoms with Crippen LogP contribution in [0.5, 0.6) is 0 Å². The molecule has 80 valence electrons. The van der Waals surface area contributed by atoms with Crippen molar-refractivity contribution in [2.24, 2.45) is 11.7 Å². The van der Waals surface area contributed by atoms with Gasteiger partial charge in [0, 0.05) is 6.04 Å². The molecule has 0 saturated heterocycles. The third-order valence-corrected chi connectivity index (χ3v) is 3.02. The van der Waals surface area contributed by atoms with Crippen molar-refractivity contribution in [2.45, 2.75) is 71.8 Å². The van der Waals surface area contributed by atoms with Gasteiger partial charge in [-0.1, -0.05) is 59.3 Å². The van der Waals surface area contributed by atoms with Crippen molar-refractivity contribution in [3.8, 4) is 0 Å². The number of hydrogen-bond acceptors (Lipinski definition) is 1. The van der Waals surface area contributed by atoms with Gasteiger partial charge in [-0.15, -0.1) is 0 Å². The van der Waals surface area contributed by atoms with E-state index in [9.17, 15) is 0 Å². The molecule has 0 heterocycles. The molecule has 0 radical (unpaired) electrons. The molecule has 0 bridgehead atoms. The molecule has 0 spiro atoms. The van der Waals surface area contributed by atoms with Crippen molar-refractivity contribution in [1.82, 2.24) is 0 Å². The third kappa shape index (κ3) is 7.06. The van der Waals surface area contributed by atoms with E-state index in [2.05, 4.69) is 20.8 Å². The van der Waals surface area contributed by atoms with Gasteiger partial charge in [-0.2, -0.15) is 0 Å². The molecule has 1 heteroatoms. The Kier molecular flexibility index (Phi) is 8.53. The summed E-state index contributed by atoms with van der Waals surface area (Å²) in [6.45, 7) is 6.74. The van der Waals surface area contributed by atoms with Gasteiger partial charge in [0.2, 0.25) is 0 Å². The fraction of sp³-hybridized carbons (Fsp3) is 1.00. The summed E-state index contributed by atoms with van der Waals surface area (Å²) in [5.74, 6) is 0.700. The van der Waals surface area contributed by atoms with Crippen molar-refractivity contribution in [3.05, 3.63) is 0 Å². The van der Waals surface area contributed by atoms with Gasteiger partial charge in [0.15, 0.2) is 0 Å². The molecule has 0 aromatic carbocycles. The molecule has 0 saturated carbocycles. The van der Waals surface area contributed by atoms with E-state index in [4.69, 9.17) is 5.73 Å². The van der Waals surface area contributed by atoms with Crippen molar-refractivity contribution < 1.29 is 0 Å². The van der Waals surface area contributed by atoms with E-state index in [-0.39, 0.29) is 0 Å². The molecule has 2 N–H and O–H groups in total. The molecular formula is C12H27N. The SMILES string of the molecule is CCCCCCCC(N)C(C)CC. The lowest BCUT2D eigenvalue weighted by molar-refractivity contribution is 0.404. The van der Waals surface area contributed by atoms with Crippen LogP contribution < -0.4 is 5.73 Å². The summed E-state index contributed by atoms with van der Waals surface area (Å²) in [5.41, 5.74) is 6.04. The van der Waals surface area contributed by atoms with Crippen LogP contribution in [-0.4, -0.2) is 6.04 Å². The molecule has 0 fully saturated rings. The summed E-state index contributed by atoms with van der Waals surface area (Å²) in [7, 11) is 0. The van der Waals surface area contributed by atoms with Crippen LogP contribution in [0.1, 0.15) is 65.7 Å². The standard InChI is InChI=1S/C12H27N/c1-4-6-7-8-9-10-12(13)11(3)5-2/h11-12H,4-10,13H2,1-3H3. The predicted octanol–water partition coefficient (Wildman–Crippen LogP) is 3.72. The fourth-order valence-corrected chi connectivity index (χ4v) is 1.57. The van der Waals surface area contributed by atoms with E-state index in [1.54, 1.807) is 0 Å². The van der Waals surface area contributed by atoms with Gasteiger partial charge in [0.05, 0.1) is 0 Å². The molecule has 0 rings (SSSR count). The van der Waals surface area contributed by atoms with E-state index >= 15 is 0 Å². The average molecular weight is 185 g/mol. The second kappa shape index (κ2) is 8.55. The van der Waals surface area contributed by atoms with Crippen LogP contribution in [0.3, 0.4) is 0 Å². The zero-order valence-electron chi connectivity index (χ0n) is 9.68. The Hall–Kier alpha value is -0.0400. The fourth-order valence-electron chi connectivity index (χ4n) is 1.57. The van der Waals surface area contributed by atoms with Gasteiger partial charge < -0.3 is 5.73 Å². The predicted molar refractivity (Wildman–Crippen MR) is 60.8 cm³/mol. The van der Waals surface area contributed by atoms with Gasteiger partial charge in [0.1, 0.15) is 0 Å². The molecule has 13 heavy (non-hydrogen) atoms. The molecule has 0 aliphatic carbocycles.